The lowest BCUT2D eigenvalue weighted by Gasteiger charge is -2.28. The second-order valence-corrected chi connectivity index (χ2v) is 3.63. The van der Waals surface area contributed by atoms with Crippen LogP contribution in [0.1, 0.15) is 0 Å². The molecule has 1 saturated heterocycles. The predicted octanol–water partition coefficient (Wildman–Crippen LogP) is 1.14. The van der Waals surface area contributed by atoms with E-state index in [4.69, 9.17) is 0 Å². The second kappa shape index (κ2) is 4.44. The molecule has 0 unspecified atom stereocenters. The average Bonchev–Trinajstić information content (AvgIpc) is 2.30. The molecule has 2 rings (SSSR count). The maximum absolute atomic E-state index is 12.9. The Morgan fingerprint density at radius 3 is 2.69 bits per heavy atom. The quantitative estimate of drug-likeness (QED) is 0.605. The van der Waals surface area contributed by atoms with Crippen LogP contribution in [0.2, 0.25) is 0 Å². The van der Waals surface area contributed by atoms with E-state index >= 15 is 0 Å². The van der Waals surface area contributed by atoms with Crippen LogP contribution in [-0.4, -0.2) is 31.1 Å². The van der Waals surface area contributed by atoms with E-state index in [0.717, 1.165) is 19.2 Å². The van der Waals surface area contributed by atoms with Gasteiger partial charge in [-0.25, -0.2) is 4.39 Å². The van der Waals surface area contributed by atoms with Crippen molar-refractivity contribution in [3.8, 4) is 0 Å². The summed E-state index contributed by atoms with van der Waals surface area (Å²) in [6, 6.07) is 3.69. The highest BCUT2D eigenvalue weighted by molar-refractivity contribution is 5.63. The maximum atomic E-state index is 12.9. The van der Waals surface area contributed by atoms with Gasteiger partial charge in [-0.2, -0.15) is 0 Å². The SMILES string of the molecule is O=[N+]([O-])c1cc(F)ccc1N1CCNCC1. The molecule has 86 valence electrons. The molecule has 1 N–H and O–H groups in total. The number of nitro benzene ring substituents is 1. The minimum absolute atomic E-state index is 0.165. The summed E-state index contributed by atoms with van der Waals surface area (Å²) in [4.78, 5) is 12.2. The van der Waals surface area contributed by atoms with Crippen LogP contribution in [0.25, 0.3) is 0 Å². The van der Waals surface area contributed by atoms with Crippen LogP contribution in [0.3, 0.4) is 0 Å². The molecule has 0 radical (unpaired) electrons. The lowest BCUT2D eigenvalue weighted by molar-refractivity contribution is -0.384. The van der Waals surface area contributed by atoms with E-state index in [-0.39, 0.29) is 5.69 Å². The van der Waals surface area contributed by atoms with E-state index in [9.17, 15) is 14.5 Å². The van der Waals surface area contributed by atoms with Gasteiger partial charge < -0.3 is 10.2 Å². The van der Waals surface area contributed by atoms with Crippen LogP contribution in [-0.2, 0) is 0 Å². The van der Waals surface area contributed by atoms with Crippen LogP contribution >= 0.6 is 0 Å². The molecule has 1 aromatic carbocycles. The number of hydrogen-bond acceptors (Lipinski definition) is 4. The Morgan fingerprint density at radius 1 is 1.38 bits per heavy atom. The molecule has 5 nitrogen and oxygen atoms in total. The van der Waals surface area contributed by atoms with Crippen molar-refractivity contribution in [3.63, 3.8) is 0 Å². The first-order valence-corrected chi connectivity index (χ1v) is 5.08. The standard InChI is InChI=1S/C10H12FN3O2/c11-8-1-2-9(10(7-8)14(15)16)13-5-3-12-4-6-13/h1-2,7,12H,3-6H2. The number of halogens is 1. The number of hydrogen-bond donors (Lipinski definition) is 1. The Morgan fingerprint density at radius 2 is 2.06 bits per heavy atom. The van der Waals surface area contributed by atoms with Gasteiger partial charge in [0.2, 0.25) is 0 Å². The van der Waals surface area contributed by atoms with Crippen molar-refractivity contribution in [2.75, 3.05) is 31.1 Å². The zero-order valence-corrected chi connectivity index (χ0v) is 8.65. The van der Waals surface area contributed by atoms with Gasteiger partial charge in [0.15, 0.2) is 0 Å². The van der Waals surface area contributed by atoms with E-state index in [0.29, 0.717) is 18.8 Å². The van der Waals surface area contributed by atoms with Crippen LogP contribution in [0.15, 0.2) is 18.2 Å². The van der Waals surface area contributed by atoms with E-state index in [2.05, 4.69) is 5.32 Å². The smallest absolute Gasteiger partial charge is 0.295 e. The van der Waals surface area contributed by atoms with Crippen LogP contribution in [0.5, 0.6) is 0 Å². The van der Waals surface area contributed by atoms with Gasteiger partial charge in [-0.15, -0.1) is 0 Å². The van der Waals surface area contributed by atoms with Gasteiger partial charge in [-0.1, -0.05) is 0 Å². The van der Waals surface area contributed by atoms with E-state index < -0.39 is 10.7 Å². The van der Waals surface area contributed by atoms with Gasteiger partial charge in [0.05, 0.1) is 11.0 Å². The molecule has 0 aromatic heterocycles. The topological polar surface area (TPSA) is 58.4 Å². The van der Waals surface area contributed by atoms with Crippen LogP contribution in [0, 0.1) is 15.9 Å². The monoisotopic (exact) mass is 225 g/mol. The minimum Gasteiger partial charge on any atom is -0.363 e. The third-order valence-corrected chi connectivity index (χ3v) is 2.59. The lowest BCUT2D eigenvalue weighted by Crippen LogP contribution is -2.43. The molecule has 1 heterocycles. The first-order valence-electron chi connectivity index (χ1n) is 5.08. The molecular formula is C10H12FN3O2. The number of benzene rings is 1. The van der Waals surface area contributed by atoms with Crippen molar-refractivity contribution in [2.24, 2.45) is 0 Å². The van der Waals surface area contributed by atoms with E-state index in [1.54, 1.807) is 0 Å². The molecule has 1 aliphatic rings. The molecular weight excluding hydrogens is 213 g/mol. The molecule has 0 aliphatic carbocycles. The summed E-state index contributed by atoms with van der Waals surface area (Å²) >= 11 is 0. The normalized spacial score (nSPS) is 16.2. The highest BCUT2D eigenvalue weighted by Crippen LogP contribution is 2.28. The summed E-state index contributed by atoms with van der Waals surface area (Å²) in [5, 5.41) is 14.0. The fourth-order valence-corrected chi connectivity index (χ4v) is 1.82. The maximum Gasteiger partial charge on any atom is 0.295 e. The number of anilines is 1. The second-order valence-electron chi connectivity index (χ2n) is 3.63. The molecule has 0 amide bonds. The zero-order valence-electron chi connectivity index (χ0n) is 8.65. The summed E-state index contributed by atoms with van der Waals surface area (Å²) in [5.41, 5.74) is 0.329. The van der Waals surface area contributed by atoms with Gasteiger partial charge in [0.25, 0.3) is 5.69 Å². The first-order chi connectivity index (χ1) is 7.68. The van der Waals surface area contributed by atoms with Crippen molar-refractivity contribution >= 4 is 11.4 Å². The van der Waals surface area contributed by atoms with Crippen molar-refractivity contribution < 1.29 is 9.31 Å². The van der Waals surface area contributed by atoms with Gasteiger partial charge in [0, 0.05) is 26.2 Å². The molecule has 0 bridgehead atoms. The summed E-state index contributed by atoms with van der Waals surface area (Å²) < 4.78 is 12.9. The molecule has 0 atom stereocenters. The van der Waals surface area contributed by atoms with Gasteiger partial charge in [0.1, 0.15) is 11.5 Å². The Balaban J connectivity index is 2.34. The predicted molar refractivity (Wildman–Crippen MR) is 58.1 cm³/mol. The average molecular weight is 225 g/mol. The summed E-state index contributed by atoms with van der Waals surface area (Å²) in [6.07, 6.45) is 0. The Kier molecular flexibility index (Phi) is 3.00. The molecule has 1 fully saturated rings. The van der Waals surface area contributed by atoms with Crippen molar-refractivity contribution in [2.45, 2.75) is 0 Å². The van der Waals surface area contributed by atoms with Gasteiger partial charge in [-0.3, -0.25) is 10.1 Å². The number of piperazine rings is 1. The number of rotatable bonds is 2. The van der Waals surface area contributed by atoms with Crippen molar-refractivity contribution in [3.05, 3.63) is 34.1 Å². The summed E-state index contributed by atoms with van der Waals surface area (Å²) in [6.45, 7) is 2.97. The lowest BCUT2D eigenvalue weighted by atomic mass is 10.2. The highest BCUT2D eigenvalue weighted by atomic mass is 19.1. The summed E-state index contributed by atoms with van der Waals surface area (Å²) in [7, 11) is 0. The van der Waals surface area contributed by atoms with Gasteiger partial charge >= 0.3 is 0 Å². The van der Waals surface area contributed by atoms with Crippen LogP contribution in [0.4, 0.5) is 15.8 Å². The fraction of sp³-hybridized carbons (Fsp3) is 0.400. The summed E-state index contributed by atoms with van der Waals surface area (Å²) in [5.74, 6) is -0.578. The fourth-order valence-electron chi connectivity index (χ4n) is 1.82. The third-order valence-electron chi connectivity index (χ3n) is 2.59. The Bertz CT molecular complexity index is 405. The van der Waals surface area contributed by atoms with Crippen molar-refractivity contribution in [1.29, 1.82) is 0 Å². The van der Waals surface area contributed by atoms with E-state index in [1.165, 1.54) is 12.1 Å². The Labute approximate surface area is 92.0 Å². The molecule has 1 aliphatic heterocycles. The van der Waals surface area contributed by atoms with Gasteiger partial charge in [-0.05, 0) is 12.1 Å². The van der Waals surface area contributed by atoms with E-state index in [1.807, 2.05) is 4.90 Å². The molecule has 1 aromatic rings. The number of nitrogens with zero attached hydrogens (tertiary/aromatic N) is 2. The zero-order chi connectivity index (χ0) is 11.5. The minimum atomic E-state index is -0.578. The largest absolute Gasteiger partial charge is 0.363 e. The number of nitrogens with one attached hydrogen (secondary N) is 1. The molecule has 16 heavy (non-hydrogen) atoms. The molecule has 0 saturated carbocycles. The third kappa shape index (κ3) is 2.11. The number of nitro groups is 1. The van der Waals surface area contributed by atoms with Crippen molar-refractivity contribution in [1.82, 2.24) is 5.32 Å². The van der Waals surface area contributed by atoms with Crippen LogP contribution < -0.4 is 10.2 Å². The first kappa shape index (κ1) is 10.8. The Hall–Kier alpha value is -1.69. The highest BCUT2D eigenvalue weighted by Gasteiger charge is 2.21. The molecule has 6 heteroatoms. The molecule has 0 spiro atoms.